The topological polar surface area (TPSA) is 32.9 Å². The Bertz CT molecular complexity index is 565. The van der Waals surface area contributed by atoms with Gasteiger partial charge in [0.15, 0.2) is 5.78 Å². The molecule has 0 radical (unpaired) electrons. The van der Waals surface area contributed by atoms with E-state index in [1.54, 1.807) is 0 Å². The van der Waals surface area contributed by atoms with Gasteiger partial charge in [-0.05, 0) is 25.3 Å². The summed E-state index contributed by atoms with van der Waals surface area (Å²) < 4.78 is 0. The summed E-state index contributed by atoms with van der Waals surface area (Å²) in [5, 5.41) is 1.05. The van der Waals surface area contributed by atoms with E-state index in [0.29, 0.717) is 5.92 Å². The van der Waals surface area contributed by atoms with E-state index in [1.165, 1.54) is 0 Å². The van der Waals surface area contributed by atoms with Crippen LogP contribution in [0, 0.1) is 18.8 Å². The van der Waals surface area contributed by atoms with Crippen molar-refractivity contribution in [3.63, 3.8) is 0 Å². The molecule has 0 saturated heterocycles. The lowest BCUT2D eigenvalue weighted by Gasteiger charge is -2.17. The summed E-state index contributed by atoms with van der Waals surface area (Å²) in [7, 11) is 0. The normalized spacial score (nSPS) is 13.2. The van der Waals surface area contributed by atoms with E-state index in [-0.39, 0.29) is 11.7 Å². The third kappa shape index (κ3) is 2.07. The fourth-order valence-electron chi connectivity index (χ4n) is 2.74. The molecule has 2 nitrogen and oxygen atoms in total. The first-order chi connectivity index (χ1) is 8.56. The number of H-pyrrole nitrogens is 1. The molecule has 1 heterocycles. The number of aryl methyl sites for hydroxylation is 1. The lowest BCUT2D eigenvalue weighted by Crippen LogP contribution is -2.20. The Morgan fingerprint density at radius 2 is 1.94 bits per heavy atom. The number of ketones is 1. The van der Waals surface area contributed by atoms with Crippen molar-refractivity contribution in [2.75, 3.05) is 0 Å². The number of benzene rings is 1. The third-order valence-electron chi connectivity index (χ3n) is 3.72. The Labute approximate surface area is 108 Å². The molecule has 96 valence electrons. The maximum atomic E-state index is 12.7. The molecule has 0 spiro atoms. The summed E-state index contributed by atoms with van der Waals surface area (Å²) in [6.45, 7) is 8.32. The summed E-state index contributed by atoms with van der Waals surface area (Å²) in [6, 6.07) is 8.03. The van der Waals surface area contributed by atoms with Crippen LogP contribution < -0.4 is 0 Å². The molecule has 2 heteroatoms. The van der Waals surface area contributed by atoms with Gasteiger partial charge in [-0.1, -0.05) is 39.0 Å². The molecular formula is C16H21NO. The molecule has 18 heavy (non-hydrogen) atoms. The van der Waals surface area contributed by atoms with Gasteiger partial charge in [-0.25, -0.2) is 0 Å². The van der Waals surface area contributed by atoms with Gasteiger partial charge in [-0.15, -0.1) is 0 Å². The number of nitrogens with one attached hydrogen (secondary N) is 1. The quantitative estimate of drug-likeness (QED) is 0.796. The Balaban J connectivity index is 2.53. The predicted molar refractivity (Wildman–Crippen MR) is 76.0 cm³/mol. The van der Waals surface area contributed by atoms with Crippen LogP contribution in [0.15, 0.2) is 24.3 Å². The average Bonchev–Trinajstić information content (AvgIpc) is 2.64. The molecule has 0 bridgehead atoms. The van der Waals surface area contributed by atoms with E-state index in [9.17, 15) is 4.79 Å². The maximum Gasteiger partial charge on any atom is 0.168 e. The largest absolute Gasteiger partial charge is 0.358 e. The van der Waals surface area contributed by atoms with Crippen LogP contribution in [0.25, 0.3) is 10.9 Å². The highest BCUT2D eigenvalue weighted by atomic mass is 16.1. The van der Waals surface area contributed by atoms with E-state index in [4.69, 9.17) is 0 Å². The maximum absolute atomic E-state index is 12.7. The van der Waals surface area contributed by atoms with Gasteiger partial charge in [0, 0.05) is 28.1 Å². The number of carbonyl (C=O) groups excluding carboxylic acids is 1. The fourth-order valence-corrected chi connectivity index (χ4v) is 2.74. The summed E-state index contributed by atoms with van der Waals surface area (Å²) >= 11 is 0. The summed E-state index contributed by atoms with van der Waals surface area (Å²) in [4.78, 5) is 16.0. The highest BCUT2D eigenvalue weighted by Gasteiger charge is 2.25. The minimum atomic E-state index is 0.114. The van der Waals surface area contributed by atoms with Crippen molar-refractivity contribution >= 4 is 16.7 Å². The molecule has 0 aliphatic carbocycles. The number of hydrogen-bond donors (Lipinski definition) is 1. The SMILES string of the molecule is CCC(C(=O)c1c(C)[nH]c2ccccc12)C(C)C. The lowest BCUT2D eigenvalue weighted by atomic mass is 9.85. The van der Waals surface area contributed by atoms with E-state index < -0.39 is 0 Å². The second kappa shape index (κ2) is 4.97. The van der Waals surface area contributed by atoms with Gasteiger partial charge in [0.1, 0.15) is 0 Å². The summed E-state index contributed by atoms with van der Waals surface area (Å²) in [5.74, 6) is 0.779. The molecule has 0 aliphatic rings. The van der Waals surface area contributed by atoms with Crippen molar-refractivity contribution in [3.05, 3.63) is 35.5 Å². The zero-order chi connectivity index (χ0) is 13.3. The van der Waals surface area contributed by atoms with Gasteiger partial charge < -0.3 is 4.98 Å². The van der Waals surface area contributed by atoms with Gasteiger partial charge in [0.05, 0.1) is 0 Å². The van der Waals surface area contributed by atoms with Gasteiger partial charge >= 0.3 is 0 Å². The minimum Gasteiger partial charge on any atom is -0.358 e. The number of hydrogen-bond acceptors (Lipinski definition) is 1. The second-order valence-corrected chi connectivity index (χ2v) is 5.29. The molecule has 0 fully saturated rings. The Morgan fingerprint density at radius 1 is 1.28 bits per heavy atom. The molecule has 1 aromatic heterocycles. The van der Waals surface area contributed by atoms with Gasteiger partial charge in [0.25, 0.3) is 0 Å². The van der Waals surface area contributed by atoms with Crippen LogP contribution in [-0.4, -0.2) is 10.8 Å². The van der Waals surface area contributed by atoms with Gasteiger partial charge in [0.2, 0.25) is 0 Å². The van der Waals surface area contributed by atoms with Crippen molar-refractivity contribution < 1.29 is 4.79 Å². The van der Waals surface area contributed by atoms with Gasteiger partial charge in [-0.2, -0.15) is 0 Å². The van der Waals surface area contributed by atoms with E-state index in [2.05, 4.69) is 25.8 Å². The fraction of sp³-hybridized carbons (Fsp3) is 0.438. The van der Waals surface area contributed by atoms with Crippen LogP contribution in [0.5, 0.6) is 0 Å². The molecule has 0 saturated carbocycles. The first kappa shape index (κ1) is 12.9. The van der Waals surface area contributed by atoms with Crippen LogP contribution in [0.2, 0.25) is 0 Å². The number of rotatable bonds is 4. The van der Waals surface area contributed by atoms with Crippen LogP contribution in [-0.2, 0) is 0 Å². The number of fused-ring (bicyclic) bond motifs is 1. The number of para-hydroxylation sites is 1. The summed E-state index contributed by atoms with van der Waals surface area (Å²) in [5.41, 5.74) is 2.92. The number of aromatic nitrogens is 1. The Hall–Kier alpha value is -1.57. The molecular weight excluding hydrogens is 222 g/mol. The second-order valence-electron chi connectivity index (χ2n) is 5.29. The predicted octanol–water partition coefficient (Wildman–Crippen LogP) is 4.34. The van der Waals surface area contributed by atoms with Gasteiger partial charge in [-0.3, -0.25) is 4.79 Å². The van der Waals surface area contributed by atoms with Crippen molar-refractivity contribution in [2.45, 2.75) is 34.1 Å². The smallest absolute Gasteiger partial charge is 0.168 e. The van der Waals surface area contributed by atoms with E-state index >= 15 is 0 Å². The van der Waals surface area contributed by atoms with Crippen molar-refractivity contribution in [1.82, 2.24) is 4.98 Å². The monoisotopic (exact) mass is 243 g/mol. The highest BCUT2D eigenvalue weighted by Crippen LogP contribution is 2.28. The molecule has 1 N–H and O–H groups in total. The van der Waals surface area contributed by atoms with Crippen LogP contribution >= 0.6 is 0 Å². The standard InChI is InChI=1S/C16H21NO/c1-5-12(10(2)3)16(18)15-11(4)17-14-9-7-6-8-13(14)15/h6-10,12,17H,5H2,1-4H3. The first-order valence-corrected chi connectivity index (χ1v) is 6.67. The molecule has 1 unspecified atom stereocenters. The minimum absolute atomic E-state index is 0.114. The molecule has 0 amide bonds. The van der Waals surface area contributed by atoms with Crippen LogP contribution in [0.1, 0.15) is 43.2 Å². The highest BCUT2D eigenvalue weighted by molar-refractivity contribution is 6.10. The van der Waals surface area contributed by atoms with Crippen LogP contribution in [0.3, 0.4) is 0 Å². The zero-order valence-corrected chi connectivity index (χ0v) is 11.6. The lowest BCUT2D eigenvalue weighted by molar-refractivity contribution is 0.0883. The molecule has 0 aliphatic heterocycles. The molecule has 2 aromatic rings. The number of carbonyl (C=O) groups is 1. The van der Waals surface area contributed by atoms with Crippen molar-refractivity contribution in [2.24, 2.45) is 11.8 Å². The third-order valence-corrected chi connectivity index (χ3v) is 3.72. The number of Topliss-reactive ketones (excluding diaryl/α,β-unsaturated/α-hetero) is 1. The van der Waals surface area contributed by atoms with E-state index in [0.717, 1.165) is 28.6 Å². The zero-order valence-electron chi connectivity index (χ0n) is 11.6. The van der Waals surface area contributed by atoms with Crippen LogP contribution in [0.4, 0.5) is 0 Å². The molecule has 1 atom stereocenters. The molecule has 2 rings (SSSR count). The first-order valence-electron chi connectivity index (χ1n) is 6.67. The Morgan fingerprint density at radius 3 is 2.56 bits per heavy atom. The van der Waals surface area contributed by atoms with Crippen molar-refractivity contribution in [1.29, 1.82) is 0 Å². The summed E-state index contributed by atoms with van der Waals surface area (Å²) in [6.07, 6.45) is 0.898. The van der Waals surface area contributed by atoms with E-state index in [1.807, 2.05) is 31.2 Å². The Kier molecular flexibility index (Phi) is 3.55. The molecule has 1 aromatic carbocycles. The number of aromatic amines is 1. The average molecular weight is 243 g/mol. The van der Waals surface area contributed by atoms with Crippen molar-refractivity contribution in [3.8, 4) is 0 Å².